The van der Waals surface area contributed by atoms with Crippen molar-refractivity contribution < 1.29 is 13.2 Å². The van der Waals surface area contributed by atoms with Gasteiger partial charge in [-0.05, 0) is 80.3 Å². The lowest BCUT2D eigenvalue weighted by Crippen LogP contribution is -2.36. The van der Waals surface area contributed by atoms with Gasteiger partial charge >= 0.3 is 0 Å². The van der Waals surface area contributed by atoms with Crippen LogP contribution in [0, 0.1) is 12.8 Å². The maximum Gasteiger partial charge on any atom is 0.240 e. The number of nitrogens with zero attached hydrogens (tertiary/aromatic N) is 1. The lowest BCUT2D eigenvalue weighted by molar-refractivity contribution is -0.120. The highest BCUT2D eigenvalue weighted by atomic mass is 32.2. The zero-order valence-corrected chi connectivity index (χ0v) is 17.2. The van der Waals surface area contributed by atoms with Crippen molar-refractivity contribution in [2.45, 2.75) is 50.5 Å². The summed E-state index contributed by atoms with van der Waals surface area (Å²) >= 11 is 1.65. The third-order valence-corrected chi connectivity index (χ3v) is 7.89. The third kappa shape index (κ3) is 3.68. The maximum absolute atomic E-state index is 12.7. The smallest absolute Gasteiger partial charge is 0.240 e. The fraction of sp³-hybridized carbons (Fsp3) is 0.450. The van der Waals surface area contributed by atoms with E-state index >= 15 is 0 Å². The minimum absolute atomic E-state index is 0.0841. The molecule has 1 aromatic carbocycles. The standard InChI is InChI=1S/C20H24N2O3S2/c1-13-8-10-26-19(13)7-9-21-27(24,25)17-5-6-18-16(12-17)11-14(2)22(18)20(23)15-3-4-15/h5-6,8,10,12,14-15,21H,3-4,7,9,11H2,1-2H3. The van der Waals surface area contributed by atoms with Gasteiger partial charge in [0.05, 0.1) is 4.90 Å². The van der Waals surface area contributed by atoms with Gasteiger partial charge < -0.3 is 4.90 Å². The van der Waals surface area contributed by atoms with E-state index in [-0.39, 0.29) is 22.8 Å². The Bertz CT molecular complexity index is 977. The van der Waals surface area contributed by atoms with Gasteiger partial charge in [-0.3, -0.25) is 4.79 Å². The van der Waals surface area contributed by atoms with Crippen LogP contribution in [-0.4, -0.2) is 26.9 Å². The minimum Gasteiger partial charge on any atom is -0.309 e. The highest BCUT2D eigenvalue weighted by Crippen LogP contribution is 2.39. The fourth-order valence-electron chi connectivity index (χ4n) is 3.68. The molecule has 0 bridgehead atoms. The molecule has 144 valence electrons. The molecule has 7 heteroatoms. The quantitative estimate of drug-likeness (QED) is 0.804. The molecular formula is C20H24N2O3S2. The van der Waals surface area contributed by atoms with Crippen LogP contribution >= 0.6 is 11.3 Å². The van der Waals surface area contributed by atoms with Crippen molar-refractivity contribution in [1.29, 1.82) is 0 Å². The second-order valence-electron chi connectivity index (χ2n) is 7.50. The highest BCUT2D eigenvalue weighted by Gasteiger charge is 2.39. The average Bonchev–Trinajstić information content (AvgIpc) is 3.32. The molecule has 2 aromatic rings. The van der Waals surface area contributed by atoms with Crippen LogP contribution in [0.25, 0.3) is 0 Å². The summed E-state index contributed by atoms with van der Waals surface area (Å²) in [6, 6.07) is 7.26. The zero-order chi connectivity index (χ0) is 19.2. The SMILES string of the molecule is Cc1ccsc1CCNS(=O)(=O)c1ccc2c(c1)CC(C)N2C(=O)C1CC1. The van der Waals surface area contributed by atoms with Crippen LogP contribution in [-0.2, 0) is 27.7 Å². The molecule has 0 spiro atoms. The van der Waals surface area contributed by atoms with E-state index in [0.717, 1.165) is 24.1 Å². The van der Waals surface area contributed by atoms with E-state index in [9.17, 15) is 13.2 Å². The molecule has 4 rings (SSSR count). The van der Waals surface area contributed by atoms with Crippen molar-refractivity contribution in [1.82, 2.24) is 4.72 Å². The Morgan fingerprint density at radius 1 is 1.30 bits per heavy atom. The molecule has 1 saturated carbocycles. The van der Waals surface area contributed by atoms with Gasteiger partial charge in [0.25, 0.3) is 0 Å². The van der Waals surface area contributed by atoms with Gasteiger partial charge in [-0.1, -0.05) is 0 Å². The van der Waals surface area contributed by atoms with Crippen molar-refractivity contribution in [3.8, 4) is 0 Å². The Morgan fingerprint density at radius 3 is 2.74 bits per heavy atom. The van der Waals surface area contributed by atoms with Crippen LogP contribution in [0.4, 0.5) is 5.69 Å². The molecule has 1 aliphatic carbocycles. The number of hydrogen-bond acceptors (Lipinski definition) is 4. The number of fused-ring (bicyclic) bond motifs is 1. The highest BCUT2D eigenvalue weighted by molar-refractivity contribution is 7.89. The van der Waals surface area contributed by atoms with Crippen LogP contribution in [0.15, 0.2) is 34.5 Å². The van der Waals surface area contributed by atoms with Gasteiger partial charge in [-0.25, -0.2) is 13.1 Å². The summed E-state index contributed by atoms with van der Waals surface area (Å²) in [5, 5.41) is 2.02. The molecule has 1 amide bonds. The van der Waals surface area contributed by atoms with Gasteiger partial charge in [-0.2, -0.15) is 0 Å². The van der Waals surface area contributed by atoms with Crippen LogP contribution in [0.2, 0.25) is 0 Å². The summed E-state index contributed by atoms with van der Waals surface area (Å²) in [5.74, 6) is 0.338. The Morgan fingerprint density at radius 2 is 2.07 bits per heavy atom. The van der Waals surface area contributed by atoms with Crippen molar-refractivity contribution in [2.75, 3.05) is 11.4 Å². The topological polar surface area (TPSA) is 66.5 Å². The van der Waals surface area contributed by atoms with Crippen LogP contribution in [0.1, 0.15) is 35.8 Å². The van der Waals surface area contributed by atoms with Crippen molar-refractivity contribution in [2.24, 2.45) is 5.92 Å². The van der Waals surface area contributed by atoms with Crippen LogP contribution in [0.5, 0.6) is 0 Å². The number of thiophene rings is 1. The first-order chi connectivity index (χ1) is 12.9. The number of carbonyl (C=O) groups is 1. The molecule has 5 nitrogen and oxygen atoms in total. The van der Waals surface area contributed by atoms with Crippen LogP contribution in [0.3, 0.4) is 0 Å². The van der Waals surface area contributed by atoms with E-state index in [0.29, 0.717) is 19.4 Å². The molecule has 0 radical (unpaired) electrons. The molecule has 1 unspecified atom stereocenters. The van der Waals surface area contributed by atoms with Gasteiger partial charge in [0.2, 0.25) is 15.9 Å². The Kier molecular flexibility index (Phi) is 4.86. The van der Waals surface area contributed by atoms with Gasteiger partial charge in [0, 0.05) is 29.1 Å². The second-order valence-corrected chi connectivity index (χ2v) is 10.3. The summed E-state index contributed by atoms with van der Waals surface area (Å²) < 4.78 is 28.0. The van der Waals surface area contributed by atoms with E-state index in [1.807, 2.05) is 30.2 Å². The Hall–Kier alpha value is -1.70. The molecule has 1 aromatic heterocycles. The molecule has 1 N–H and O–H groups in total. The van der Waals surface area contributed by atoms with E-state index in [1.165, 1.54) is 10.4 Å². The first-order valence-electron chi connectivity index (χ1n) is 9.35. The minimum atomic E-state index is -3.56. The third-order valence-electron chi connectivity index (χ3n) is 5.35. The number of hydrogen-bond donors (Lipinski definition) is 1. The summed E-state index contributed by atoms with van der Waals surface area (Å²) in [5.41, 5.74) is 3.01. The lowest BCUT2D eigenvalue weighted by Gasteiger charge is -2.22. The normalized spacial score (nSPS) is 19.3. The Balaban J connectivity index is 1.48. The molecule has 2 heterocycles. The first kappa shape index (κ1) is 18.7. The molecule has 1 fully saturated rings. The molecule has 27 heavy (non-hydrogen) atoms. The van der Waals surface area contributed by atoms with Crippen molar-refractivity contribution in [3.05, 3.63) is 45.6 Å². The largest absolute Gasteiger partial charge is 0.309 e. The van der Waals surface area contributed by atoms with Gasteiger partial charge in [0.15, 0.2) is 0 Å². The summed E-state index contributed by atoms with van der Waals surface area (Å²) in [6.45, 7) is 4.44. The predicted octanol–water partition coefficient (Wildman–Crippen LogP) is 3.27. The van der Waals surface area contributed by atoms with E-state index in [2.05, 4.69) is 4.72 Å². The summed E-state index contributed by atoms with van der Waals surface area (Å²) in [7, 11) is -3.56. The average molecular weight is 405 g/mol. The number of anilines is 1. The fourth-order valence-corrected chi connectivity index (χ4v) is 5.67. The molecule has 1 atom stereocenters. The molecule has 1 aliphatic heterocycles. The van der Waals surface area contributed by atoms with Crippen molar-refractivity contribution >= 4 is 33.0 Å². The summed E-state index contributed by atoms with van der Waals surface area (Å²) in [6.07, 6.45) is 3.33. The van der Waals surface area contributed by atoms with Crippen molar-refractivity contribution in [3.63, 3.8) is 0 Å². The van der Waals surface area contributed by atoms with Gasteiger partial charge in [-0.15, -0.1) is 11.3 Å². The number of amides is 1. The maximum atomic E-state index is 12.7. The molecule has 0 saturated heterocycles. The van der Waals surface area contributed by atoms with E-state index in [4.69, 9.17) is 0 Å². The lowest BCUT2D eigenvalue weighted by atomic mass is 10.1. The molecule has 2 aliphatic rings. The number of rotatable bonds is 6. The van der Waals surface area contributed by atoms with Gasteiger partial charge in [0.1, 0.15) is 0 Å². The Labute approximate surface area is 164 Å². The number of sulfonamides is 1. The van der Waals surface area contributed by atoms with Crippen LogP contribution < -0.4 is 9.62 Å². The number of carbonyl (C=O) groups excluding carboxylic acids is 1. The zero-order valence-electron chi connectivity index (χ0n) is 15.6. The number of aryl methyl sites for hydroxylation is 1. The van der Waals surface area contributed by atoms with E-state index in [1.54, 1.807) is 29.5 Å². The summed E-state index contributed by atoms with van der Waals surface area (Å²) in [4.78, 5) is 15.9. The number of benzene rings is 1. The molecular weight excluding hydrogens is 380 g/mol. The van der Waals surface area contributed by atoms with E-state index < -0.39 is 10.0 Å². The predicted molar refractivity (Wildman–Crippen MR) is 108 cm³/mol. The second kappa shape index (κ2) is 7.04. The monoisotopic (exact) mass is 404 g/mol. The first-order valence-corrected chi connectivity index (χ1v) is 11.7. The number of nitrogens with one attached hydrogen (secondary N) is 1.